The molecule has 2 amide bonds. The molecule has 1 aliphatic rings. The number of halogens is 3. The first-order chi connectivity index (χ1) is 13.2. The number of anilines is 1. The van der Waals surface area contributed by atoms with Crippen molar-refractivity contribution in [3.63, 3.8) is 0 Å². The molecule has 0 aliphatic carbocycles. The van der Waals surface area contributed by atoms with E-state index in [1.807, 2.05) is 0 Å². The van der Waals surface area contributed by atoms with Gasteiger partial charge in [-0.05, 0) is 42.0 Å². The summed E-state index contributed by atoms with van der Waals surface area (Å²) in [4.78, 5) is 30.8. The summed E-state index contributed by atoms with van der Waals surface area (Å²) >= 11 is 5.36. The maximum atomic E-state index is 13.0. The number of amides is 2. The minimum absolute atomic E-state index is 0.000530. The molecular weight excluding hydrogens is 393 g/mol. The number of alkyl halides is 3. The summed E-state index contributed by atoms with van der Waals surface area (Å²) in [6, 6.07) is 6.76. The third-order valence-electron chi connectivity index (χ3n) is 4.22. The van der Waals surface area contributed by atoms with Gasteiger partial charge in [-0.25, -0.2) is 0 Å². The van der Waals surface area contributed by atoms with Crippen molar-refractivity contribution in [1.82, 2.24) is 9.88 Å². The molecule has 146 valence electrons. The number of rotatable bonds is 5. The molecule has 1 saturated heterocycles. The predicted molar refractivity (Wildman–Crippen MR) is 98.9 cm³/mol. The number of thiocarbonyl (C=S) groups is 1. The predicted octanol–water partition coefficient (Wildman–Crippen LogP) is 2.48. The summed E-state index contributed by atoms with van der Waals surface area (Å²) in [5, 5.41) is -0.000530. The first-order valence-corrected chi connectivity index (χ1v) is 8.58. The second-order valence-corrected chi connectivity index (χ2v) is 6.54. The highest BCUT2D eigenvalue weighted by Gasteiger charge is 2.44. The van der Waals surface area contributed by atoms with Crippen molar-refractivity contribution in [2.75, 3.05) is 4.90 Å². The van der Waals surface area contributed by atoms with Gasteiger partial charge >= 0.3 is 6.18 Å². The van der Waals surface area contributed by atoms with Crippen molar-refractivity contribution in [3.8, 4) is 0 Å². The number of hydrogen-bond donors (Lipinski definition) is 1. The Kier molecular flexibility index (Phi) is 5.32. The van der Waals surface area contributed by atoms with E-state index in [9.17, 15) is 22.8 Å². The topological polar surface area (TPSA) is 79.5 Å². The van der Waals surface area contributed by atoms with Gasteiger partial charge in [0.2, 0.25) is 5.91 Å². The van der Waals surface area contributed by atoms with E-state index < -0.39 is 29.6 Å². The van der Waals surface area contributed by atoms with Gasteiger partial charge in [-0.15, -0.1) is 0 Å². The van der Waals surface area contributed by atoms with E-state index in [-0.39, 0.29) is 23.8 Å². The van der Waals surface area contributed by atoms with Crippen LogP contribution in [0.15, 0.2) is 48.8 Å². The molecule has 1 aromatic heterocycles. The molecule has 1 atom stereocenters. The number of nitrogens with two attached hydrogens (primary N) is 1. The van der Waals surface area contributed by atoms with E-state index in [4.69, 9.17) is 18.0 Å². The molecule has 1 aliphatic heterocycles. The number of primary amides is 1. The maximum Gasteiger partial charge on any atom is 0.416 e. The molecule has 0 bridgehead atoms. The zero-order chi connectivity index (χ0) is 20.5. The monoisotopic (exact) mass is 408 g/mol. The number of nitrogens with zero attached hydrogens (tertiary/aromatic N) is 3. The molecule has 2 N–H and O–H groups in total. The zero-order valence-corrected chi connectivity index (χ0v) is 15.2. The van der Waals surface area contributed by atoms with Gasteiger partial charge in [-0.3, -0.25) is 19.5 Å². The number of carbonyl (C=O) groups is 2. The fraction of sp³-hybridized carbons (Fsp3) is 0.222. The van der Waals surface area contributed by atoms with Gasteiger partial charge in [0.1, 0.15) is 6.04 Å². The standard InChI is InChI=1S/C18H15F3N4O2S/c19-18(20,21)12-4-1-5-13(7-12)25-16(27)14(8-15(22)26)24(17(25)28)10-11-3-2-6-23-9-11/h1-7,9,14H,8,10H2,(H2,22,26). The van der Waals surface area contributed by atoms with Gasteiger partial charge in [0.15, 0.2) is 5.11 Å². The Morgan fingerprint density at radius 3 is 2.61 bits per heavy atom. The molecule has 10 heteroatoms. The van der Waals surface area contributed by atoms with Crippen LogP contribution >= 0.6 is 12.2 Å². The molecule has 1 aromatic carbocycles. The first kappa shape index (κ1) is 19.7. The molecule has 2 aromatic rings. The van der Waals surface area contributed by atoms with Crippen LogP contribution in [-0.2, 0) is 22.3 Å². The number of benzene rings is 1. The Morgan fingerprint density at radius 1 is 1.25 bits per heavy atom. The average Bonchev–Trinajstić information content (AvgIpc) is 2.86. The molecule has 2 heterocycles. The van der Waals surface area contributed by atoms with E-state index in [0.717, 1.165) is 22.6 Å². The summed E-state index contributed by atoms with van der Waals surface area (Å²) in [6.45, 7) is 0.159. The van der Waals surface area contributed by atoms with E-state index >= 15 is 0 Å². The summed E-state index contributed by atoms with van der Waals surface area (Å²) in [7, 11) is 0. The fourth-order valence-corrected chi connectivity index (χ4v) is 3.34. The van der Waals surface area contributed by atoms with Gasteiger partial charge in [-0.2, -0.15) is 13.2 Å². The molecule has 0 radical (unpaired) electrons. The average molecular weight is 408 g/mol. The normalized spacial score (nSPS) is 17.3. The number of aromatic nitrogens is 1. The minimum atomic E-state index is -4.57. The Morgan fingerprint density at radius 2 is 2.00 bits per heavy atom. The Bertz CT molecular complexity index is 921. The minimum Gasteiger partial charge on any atom is -0.370 e. The largest absolute Gasteiger partial charge is 0.416 e. The second-order valence-electron chi connectivity index (χ2n) is 6.18. The lowest BCUT2D eigenvalue weighted by Crippen LogP contribution is -2.37. The summed E-state index contributed by atoms with van der Waals surface area (Å²) in [5.41, 5.74) is 5.06. The molecule has 1 fully saturated rings. The molecule has 6 nitrogen and oxygen atoms in total. The van der Waals surface area contributed by atoms with Crippen LogP contribution in [0.4, 0.5) is 18.9 Å². The summed E-state index contributed by atoms with van der Waals surface area (Å²) < 4.78 is 39.1. The van der Waals surface area contributed by atoms with Crippen LogP contribution in [0.2, 0.25) is 0 Å². The SMILES string of the molecule is NC(=O)CC1C(=O)N(c2cccc(C(F)(F)F)c2)C(=S)N1Cc1cccnc1. The third-order valence-corrected chi connectivity index (χ3v) is 4.64. The smallest absolute Gasteiger partial charge is 0.370 e. The molecule has 1 unspecified atom stereocenters. The number of carbonyl (C=O) groups excluding carboxylic acids is 2. The Balaban J connectivity index is 1.98. The van der Waals surface area contributed by atoms with Crippen LogP contribution < -0.4 is 10.6 Å². The van der Waals surface area contributed by atoms with E-state index in [0.29, 0.717) is 0 Å². The number of pyridine rings is 1. The molecule has 0 spiro atoms. The van der Waals surface area contributed by atoms with Crippen molar-refractivity contribution in [2.45, 2.75) is 25.2 Å². The van der Waals surface area contributed by atoms with Gasteiger partial charge < -0.3 is 10.6 Å². The zero-order valence-electron chi connectivity index (χ0n) is 14.4. The van der Waals surface area contributed by atoms with E-state index in [1.165, 1.54) is 17.0 Å². The summed E-state index contributed by atoms with van der Waals surface area (Å²) in [5.74, 6) is -1.32. The van der Waals surface area contributed by atoms with Crippen molar-refractivity contribution in [2.24, 2.45) is 5.73 Å². The van der Waals surface area contributed by atoms with Gasteiger partial charge in [0.05, 0.1) is 17.7 Å². The Labute approximate surface area is 163 Å². The lowest BCUT2D eigenvalue weighted by atomic mass is 10.1. The lowest BCUT2D eigenvalue weighted by Gasteiger charge is -2.23. The van der Waals surface area contributed by atoms with Crippen LogP contribution in [0.25, 0.3) is 0 Å². The maximum absolute atomic E-state index is 13.0. The van der Waals surface area contributed by atoms with E-state index in [2.05, 4.69) is 4.98 Å². The highest BCUT2D eigenvalue weighted by atomic mass is 32.1. The van der Waals surface area contributed by atoms with Gasteiger partial charge in [0.25, 0.3) is 5.91 Å². The van der Waals surface area contributed by atoms with Crippen molar-refractivity contribution < 1.29 is 22.8 Å². The van der Waals surface area contributed by atoms with Gasteiger partial charge in [0, 0.05) is 18.9 Å². The fourth-order valence-electron chi connectivity index (χ4n) is 2.95. The molecule has 0 saturated carbocycles. The molecule has 3 rings (SSSR count). The first-order valence-electron chi connectivity index (χ1n) is 8.17. The van der Waals surface area contributed by atoms with Crippen LogP contribution in [0.3, 0.4) is 0 Å². The highest BCUT2D eigenvalue weighted by Crippen LogP contribution is 2.34. The molecule has 28 heavy (non-hydrogen) atoms. The highest BCUT2D eigenvalue weighted by molar-refractivity contribution is 7.80. The van der Waals surface area contributed by atoms with Crippen LogP contribution in [-0.4, -0.2) is 32.9 Å². The van der Waals surface area contributed by atoms with Crippen LogP contribution in [0.1, 0.15) is 17.5 Å². The lowest BCUT2D eigenvalue weighted by molar-refractivity contribution is -0.137. The van der Waals surface area contributed by atoms with Crippen LogP contribution in [0, 0.1) is 0 Å². The number of hydrogen-bond acceptors (Lipinski definition) is 4. The molecular formula is C18H15F3N4O2S. The second kappa shape index (κ2) is 7.55. The van der Waals surface area contributed by atoms with Crippen LogP contribution in [0.5, 0.6) is 0 Å². The van der Waals surface area contributed by atoms with Gasteiger partial charge in [-0.1, -0.05) is 12.1 Å². The van der Waals surface area contributed by atoms with E-state index in [1.54, 1.807) is 24.5 Å². The summed E-state index contributed by atoms with van der Waals surface area (Å²) in [6.07, 6.45) is -1.73. The Hall–Kier alpha value is -3.01. The van der Waals surface area contributed by atoms with Crippen molar-refractivity contribution >= 4 is 34.8 Å². The third kappa shape index (κ3) is 3.96. The quantitative estimate of drug-likeness (QED) is 0.769. The van der Waals surface area contributed by atoms with Crippen molar-refractivity contribution in [1.29, 1.82) is 0 Å². The van der Waals surface area contributed by atoms with Crippen molar-refractivity contribution in [3.05, 3.63) is 59.9 Å².